The van der Waals surface area contributed by atoms with Crippen LogP contribution >= 0.6 is 0 Å². The normalized spacial score (nSPS) is 12.4. The zero-order chi connectivity index (χ0) is 14.1. The number of nitrogens with one attached hydrogen (secondary N) is 2. The Balaban J connectivity index is 2.14. The van der Waals surface area contributed by atoms with Crippen molar-refractivity contribution in [2.75, 3.05) is 13.1 Å². The molecule has 19 heavy (non-hydrogen) atoms. The summed E-state index contributed by atoms with van der Waals surface area (Å²) in [6.45, 7) is 7.46. The van der Waals surface area contributed by atoms with Crippen LogP contribution in [0.4, 0.5) is 0 Å². The van der Waals surface area contributed by atoms with Gasteiger partial charge in [-0.3, -0.25) is 4.79 Å². The van der Waals surface area contributed by atoms with Crippen molar-refractivity contribution >= 4 is 5.91 Å². The van der Waals surface area contributed by atoms with Crippen molar-refractivity contribution in [3.8, 4) is 0 Å². The fourth-order valence-corrected chi connectivity index (χ4v) is 1.78. The number of benzene rings is 1. The molecule has 106 valence electrons. The van der Waals surface area contributed by atoms with E-state index in [1.54, 1.807) is 0 Å². The van der Waals surface area contributed by atoms with Gasteiger partial charge in [-0.15, -0.1) is 0 Å². The summed E-state index contributed by atoms with van der Waals surface area (Å²) in [6.07, 6.45) is 2.09. The first-order valence-corrected chi connectivity index (χ1v) is 7.12. The summed E-state index contributed by atoms with van der Waals surface area (Å²) in [4.78, 5) is 11.6. The summed E-state index contributed by atoms with van der Waals surface area (Å²) in [5, 5.41) is 6.17. The largest absolute Gasteiger partial charge is 0.355 e. The van der Waals surface area contributed by atoms with E-state index < -0.39 is 0 Å². The van der Waals surface area contributed by atoms with Gasteiger partial charge in [0, 0.05) is 12.6 Å². The molecular weight excluding hydrogens is 236 g/mol. The minimum atomic E-state index is 0.0836. The van der Waals surface area contributed by atoms with E-state index in [1.165, 1.54) is 5.56 Å². The van der Waals surface area contributed by atoms with Crippen molar-refractivity contribution < 1.29 is 4.79 Å². The Kier molecular flexibility index (Phi) is 7.19. The van der Waals surface area contributed by atoms with Crippen molar-refractivity contribution in [1.82, 2.24) is 10.6 Å². The number of amides is 1. The second-order valence-electron chi connectivity index (χ2n) is 5.50. The summed E-state index contributed by atoms with van der Waals surface area (Å²) < 4.78 is 0. The van der Waals surface area contributed by atoms with Crippen molar-refractivity contribution in [1.29, 1.82) is 0 Å². The Labute approximate surface area is 116 Å². The molecular formula is C16H26N2O. The smallest absolute Gasteiger partial charge is 0.233 e. The second-order valence-corrected chi connectivity index (χ2v) is 5.50. The molecule has 1 aromatic carbocycles. The van der Waals surface area contributed by atoms with Crippen LogP contribution in [-0.4, -0.2) is 25.0 Å². The summed E-state index contributed by atoms with van der Waals surface area (Å²) in [6, 6.07) is 10.8. The molecule has 0 saturated carbocycles. The van der Waals surface area contributed by atoms with Gasteiger partial charge in [-0.25, -0.2) is 0 Å². The number of aryl methyl sites for hydroxylation is 1. The molecule has 0 aliphatic rings. The minimum absolute atomic E-state index is 0.0836. The zero-order valence-electron chi connectivity index (χ0n) is 12.3. The first kappa shape index (κ1) is 15.7. The number of hydrogen-bond acceptors (Lipinski definition) is 2. The van der Waals surface area contributed by atoms with Gasteiger partial charge in [0.1, 0.15) is 0 Å². The fourth-order valence-electron chi connectivity index (χ4n) is 1.78. The highest BCUT2D eigenvalue weighted by molar-refractivity contribution is 5.77. The maximum atomic E-state index is 11.6. The Morgan fingerprint density at radius 2 is 1.84 bits per heavy atom. The van der Waals surface area contributed by atoms with Crippen LogP contribution in [-0.2, 0) is 11.2 Å². The third kappa shape index (κ3) is 7.62. The van der Waals surface area contributed by atoms with E-state index in [0.29, 0.717) is 18.5 Å². The maximum absolute atomic E-state index is 11.6. The standard InChI is InChI=1S/C16H26N2O/c1-13(2)11-18-16(19)12-17-14(3)9-10-15-7-5-4-6-8-15/h4-8,13-14,17H,9-12H2,1-3H3,(H,18,19). The van der Waals surface area contributed by atoms with Crippen LogP contribution in [0.1, 0.15) is 32.8 Å². The van der Waals surface area contributed by atoms with E-state index >= 15 is 0 Å². The average molecular weight is 262 g/mol. The van der Waals surface area contributed by atoms with Gasteiger partial charge in [-0.05, 0) is 31.2 Å². The van der Waals surface area contributed by atoms with Crippen LogP contribution in [0.15, 0.2) is 30.3 Å². The molecule has 0 aromatic heterocycles. The van der Waals surface area contributed by atoms with E-state index in [0.717, 1.165) is 19.4 Å². The molecule has 1 unspecified atom stereocenters. The predicted octanol–water partition coefficient (Wildman–Crippen LogP) is 2.37. The molecule has 3 heteroatoms. The molecule has 0 fully saturated rings. The average Bonchev–Trinajstić information content (AvgIpc) is 2.41. The Morgan fingerprint density at radius 3 is 2.47 bits per heavy atom. The lowest BCUT2D eigenvalue weighted by Crippen LogP contribution is -2.39. The van der Waals surface area contributed by atoms with Gasteiger partial charge < -0.3 is 10.6 Å². The Morgan fingerprint density at radius 1 is 1.16 bits per heavy atom. The predicted molar refractivity (Wildman–Crippen MR) is 80.1 cm³/mol. The molecule has 3 nitrogen and oxygen atoms in total. The van der Waals surface area contributed by atoms with Crippen LogP contribution in [0.25, 0.3) is 0 Å². The van der Waals surface area contributed by atoms with E-state index in [4.69, 9.17) is 0 Å². The van der Waals surface area contributed by atoms with E-state index in [9.17, 15) is 4.79 Å². The van der Waals surface area contributed by atoms with Crippen molar-refractivity contribution in [2.45, 2.75) is 39.7 Å². The minimum Gasteiger partial charge on any atom is -0.355 e. The van der Waals surface area contributed by atoms with Gasteiger partial charge in [-0.2, -0.15) is 0 Å². The van der Waals surface area contributed by atoms with Gasteiger partial charge in [0.25, 0.3) is 0 Å². The number of carbonyl (C=O) groups excluding carboxylic acids is 1. The molecule has 1 aromatic rings. The SMILES string of the molecule is CC(C)CNC(=O)CNC(C)CCc1ccccc1. The van der Waals surface area contributed by atoms with E-state index in [-0.39, 0.29) is 5.91 Å². The summed E-state index contributed by atoms with van der Waals surface area (Å²) in [7, 11) is 0. The van der Waals surface area contributed by atoms with Crippen molar-refractivity contribution in [3.63, 3.8) is 0 Å². The molecule has 0 saturated heterocycles. The zero-order valence-corrected chi connectivity index (χ0v) is 12.3. The fraction of sp³-hybridized carbons (Fsp3) is 0.562. The first-order valence-electron chi connectivity index (χ1n) is 7.12. The molecule has 0 aliphatic carbocycles. The van der Waals surface area contributed by atoms with E-state index in [2.05, 4.69) is 55.7 Å². The van der Waals surface area contributed by atoms with Gasteiger partial charge >= 0.3 is 0 Å². The first-order chi connectivity index (χ1) is 9.08. The molecule has 0 spiro atoms. The molecule has 1 rings (SSSR count). The van der Waals surface area contributed by atoms with Crippen LogP contribution < -0.4 is 10.6 Å². The number of carbonyl (C=O) groups is 1. The third-order valence-electron chi connectivity index (χ3n) is 3.03. The molecule has 1 amide bonds. The topological polar surface area (TPSA) is 41.1 Å². The Hall–Kier alpha value is -1.35. The lowest BCUT2D eigenvalue weighted by molar-refractivity contribution is -0.120. The highest BCUT2D eigenvalue weighted by Crippen LogP contribution is 2.04. The lowest BCUT2D eigenvalue weighted by Gasteiger charge is -2.14. The van der Waals surface area contributed by atoms with Gasteiger partial charge in [0.05, 0.1) is 6.54 Å². The van der Waals surface area contributed by atoms with Crippen molar-refractivity contribution in [2.24, 2.45) is 5.92 Å². The molecule has 0 heterocycles. The second kappa shape index (κ2) is 8.70. The van der Waals surface area contributed by atoms with Crippen molar-refractivity contribution in [3.05, 3.63) is 35.9 Å². The summed E-state index contributed by atoms with van der Waals surface area (Å²) in [5.74, 6) is 0.583. The molecule has 0 radical (unpaired) electrons. The lowest BCUT2D eigenvalue weighted by atomic mass is 10.1. The van der Waals surface area contributed by atoms with Gasteiger partial charge in [0.15, 0.2) is 0 Å². The maximum Gasteiger partial charge on any atom is 0.233 e. The monoisotopic (exact) mass is 262 g/mol. The van der Waals surface area contributed by atoms with Crippen LogP contribution in [0.2, 0.25) is 0 Å². The third-order valence-corrected chi connectivity index (χ3v) is 3.03. The van der Waals surface area contributed by atoms with Crippen LogP contribution in [0.5, 0.6) is 0 Å². The number of rotatable bonds is 8. The molecule has 1 atom stereocenters. The summed E-state index contributed by atoms with van der Waals surface area (Å²) >= 11 is 0. The molecule has 2 N–H and O–H groups in total. The number of hydrogen-bond donors (Lipinski definition) is 2. The summed E-state index contributed by atoms with van der Waals surface area (Å²) in [5.41, 5.74) is 1.35. The van der Waals surface area contributed by atoms with Crippen LogP contribution in [0, 0.1) is 5.92 Å². The van der Waals surface area contributed by atoms with Gasteiger partial charge in [-0.1, -0.05) is 44.2 Å². The van der Waals surface area contributed by atoms with Gasteiger partial charge in [0.2, 0.25) is 5.91 Å². The highest BCUT2D eigenvalue weighted by Gasteiger charge is 2.06. The molecule has 0 bridgehead atoms. The van der Waals surface area contributed by atoms with Crippen LogP contribution in [0.3, 0.4) is 0 Å². The van der Waals surface area contributed by atoms with E-state index in [1.807, 2.05) is 6.07 Å². The quantitative estimate of drug-likeness (QED) is 0.755. The molecule has 0 aliphatic heterocycles. The highest BCUT2D eigenvalue weighted by atomic mass is 16.1. The Bertz CT molecular complexity index is 362.